The molecule has 0 bridgehead atoms. The fourth-order valence-electron chi connectivity index (χ4n) is 1.44. The zero-order chi connectivity index (χ0) is 11.8. The van der Waals surface area contributed by atoms with Crippen molar-refractivity contribution in [3.8, 4) is 0 Å². The number of hydrogen-bond donors (Lipinski definition) is 3. The first-order valence-corrected chi connectivity index (χ1v) is 5.72. The number of nitrogens with one attached hydrogen (secondary N) is 1. The standard InChI is InChI=1S/C8H12FN3O3S/c9-8(10)1-2-12(7(14)11-8)5-4-16-6(3-13)15-5/h1-2,5-6,13H,3-4,10H2,(H,11,14)/t5-,6+,8?/m1/s1. The van der Waals surface area contributed by atoms with Gasteiger partial charge in [-0.05, 0) is 0 Å². The molecule has 2 heterocycles. The molecule has 0 radical (unpaired) electrons. The summed E-state index contributed by atoms with van der Waals surface area (Å²) in [6, 6.07) is -0.656. The van der Waals surface area contributed by atoms with Crippen LogP contribution in [0.2, 0.25) is 0 Å². The minimum atomic E-state index is -2.31. The SMILES string of the molecule is NC1(F)C=CN([C@H]2CS[C@@H](CO)O2)C(=O)N1. The summed E-state index contributed by atoms with van der Waals surface area (Å²) in [6.07, 6.45) is 1.79. The number of urea groups is 1. The number of ether oxygens (including phenoxy) is 1. The molecule has 1 saturated heterocycles. The summed E-state index contributed by atoms with van der Waals surface area (Å²) < 4.78 is 18.5. The summed E-state index contributed by atoms with van der Waals surface area (Å²) >= 11 is 1.39. The van der Waals surface area contributed by atoms with E-state index < -0.39 is 18.2 Å². The Morgan fingerprint density at radius 3 is 3.19 bits per heavy atom. The van der Waals surface area contributed by atoms with Crippen molar-refractivity contribution in [2.24, 2.45) is 5.73 Å². The highest BCUT2D eigenvalue weighted by Crippen LogP contribution is 2.28. The number of alkyl halides is 1. The molecule has 6 nitrogen and oxygen atoms in total. The van der Waals surface area contributed by atoms with E-state index in [2.05, 4.69) is 0 Å². The first kappa shape index (κ1) is 11.6. The van der Waals surface area contributed by atoms with Crippen molar-refractivity contribution in [1.82, 2.24) is 10.2 Å². The van der Waals surface area contributed by atoms with Crippen LogP contribution in [0.3, 0.4) is 0 Å². The Kier molecular flexibility index (Phi) is 3.06. The van der Waals surface area contributed by atoms with E-state index in [4.69, 9.17) is 15.6 Å². The third-order valence-corrected chi connectivity index (χ3v) is 3.31. The van der Waals surface area contributed by atoms with E-state index in [1.165, 1.54) is 22.9 Å². The lowest BCUT2D eigenvalue weighted by molar-refractivity contribution is -0.0257. The lowest BCUT2D eigenvalue weighted by Crippen LogP contribution is -2.59. The molecule has 2 aliphatic heterocycles. The van der Waals surface area contributed by atoms with E-state index in [0.717, 1.165) is 6.08 Å². The Labute approximate surface area is 95.6 Å². The molecule has 0 saturated carbocycles. The summed E-state index contributed by atoms with van der Waals surface area (Å²) in [5.74, 6) is -1.79. The Bertz CT molecular complexity index is 326. The van der Waals surface area contributed by atoms with Gasteiger partial charge in [0.1, 0.15) is 11.7 Å². The molecule has 90 valence electrons. The van der Waals surface area contributed by atoms with Crippen LogP contribution < -0.4 is 11.1 Å². The monoisotopic (exact) mass is 249 g/mol. The van der Waals surface area contributed by atoms with Gasteiger partial charge < -0.3 is 9.84 Å². The lowest BCUT2D eigenvalue weighted by atomic mass is 10.3. The van der Waals surface area contributed by atoms with Gasteiger partial charge in [-0.1, -0.05) is 0 Å². The molecule has 8 heteroatoms. The van der Waals surface area contributed by atoms with Gasteiger partial charge in [0.25, 0.3) is 5.92 Å². The third-order valence-electron chi connectivity index (χ3n) is 2.20. The maximum absolute atomic E-state index is 13.2. The van der Waals surface area contributed by atoms with Gasteiger partial charge in [-0.2, -0.15) is 4.39 Å². The van der Waals surface area contributed by atoms with Crippen molar-refractivity contribution < 1.29 is 19.0 Å². The zero-order valence-corrected chi connectivity index (χ0v) is 9.11. The fourth-order valence-corrected chi connectivity index (χ4v) is 2.37. The van der Waals surface area contributed by atoms with Crippen LogP contribution in [0.1, 0.15) is 0 Å². The van der Waals surface area contributed by atoms with E-state index in [1.807, 2.05) is 5.32 Å². The highest BCUT2D eigenvalue weighted by Gasteiger charge is 2.37. The predicted molar refractivity (Wildman–Crippen MR) is 55.7 cm³/mol. The molecule has 3 atom stereocenters. The molecular weight excluding hydrogens is 237 g/mol. The van der Waals surface area contributed by atoms with E-state index in [0.29, 0.717) is 5.75 Å². The number of nitrogens with zero attached hydrogens (tertiary/aromatic N) is 1. The first-order valence-electron chi connectivity index (χ1n) is 4.67. The number of aliphatic hydroxyl groups is 1. The number of halogens is 1. The summed E-state index contributed by atoms with van der Waals surface area (Å²) in [5, 5.41) is 10.8. The number of amides is 2. The molecule has 16 heavy (non-hydrogen) atoms. The number of carbonyl (C=O) groups excluding carboxylic acids is 1. The first-order chi connectivity index (χ1) is 7.52. The lowest BCUT2D eigenvalue weighted by Gasteiger charge is -2.32. The Balaban J connectivity index is 2.04. The third kappa shape index (κ3) is 2.29. The van der Waals surface area contributed by atoms with Crippen LogP contribution in [0.4, 0.5) is 9.18 Å². The summed E-state index contributed by atoms with van der Waals surface area (Å²) in [6.45, 7) is -0.121. The Morgan fingerprint density at radius 2 is 2.62 bits per heavy atom. The quantitative estimate of drug-likeness (QED) is 0.575. The second kappa shape index (κ2) is 4.21. The molecular formula is C8H12FN3O3S. The van der Waals surface area contributed by atoms with Crippen LogP contribution in [0.25, 0.3) is 0 Å². The topological polar surface area (TPSA) is 87.8 Å². The molecule has 2 amide bonds. The highest BCUT2D eigenvalue weighted by atomic mass is 32.2. The van der Waals surface area contributed by atoms with Crippen molar-refractivity contribution >= 4 is 17.8 Å². The maximum Gasteiger partial charge on any atom is 0.327 e. The molecule has 0 aliphatic carbocycles. The summed E-state index contributed by atoms with van der Waals surface area (Å²) in [7, 11) is 0. The number of hydrogen-bond acceptors (Lipinski definition) is 5. The predicted octanol–water partition coefficient (Wildman–Crippen LogP) is -0.485. The second-order valence-electron chi connectivity index (χ2n) is 3.46. The highest BCUT2D eigenvalue weighted by molar-refractivity contribution is 8.00. The van der Waals surface area contributed by atoms with Crippen molar-refractivity contribution in [2.45, 2.75) is 17.6 Å². The Morgan fingerprint density at radius 1 is 1.88 bits per heavy atom. The van der Waals surface area contributed by atoms with Gasteiger partial charge in [-0.15, -0.1) is 11.8 Å². The van der Waals surface area contributed by atoms with Crippen LogP contribution in [0.15, 0.2) is 12.3 Å². The minimum absolute atomic E-state index is 0.121. The molecule has 2 rings (SSSR count). The molecule has 4 N–H and O–H groups in total. The number of carbonyl (C=O) groups is 1. The van der Waals surface area contributed by atoms with Gasteiger partial charge in [0.05, 0.1) is 6.61 Å². The van der Waals surface area contributed by atoms with E-state index in [1.54, 1.807) is 0 Å². The van der Waals surface area contributed by atoms with Crippen LogP contribution in [0.5, 0.6) is 0 Å². The smallest absolute Gasteiger partial charge is 0.327 e. The molecule has 0 aromatic carbocycles. The van der Waals surface area contributed by atoms with Crippen molar-refractivity contribution in [3.05, 3.63) is 12.3 Å². The molecule has 1 unspecified atom stereocenters. The van der Waals surface area contributed by atoms with Crippen LogP contribution in [0, 0.1) is 0 Å². The van der Waals surface area contributed by atoms with Crippen LogP contribution >= 0.6 is 11.8 Å². The van der Waals surface area contributed by atoms with Gasteiger partial charge in [-0.25, -0.2) is 4.79 Å². The number of nitrogens with two attached hydrogens (primary N) is 1. The maximum atomic E-state index is 13.2. The van der Waals surface area contributed by atoms with Crippen LogP contribution in [-0.4, -0.2) is 46.0 Å². The Hall–Kier alpha value is -0.830. The van der Waals surface area contributed by atoms with Gasteiger partial charge in [-0.3, -0.25) is 16.0 Å². The van der Waals surface area contributed by atoms with Gasteiger partial charge in [0.2, 0.25) is 0 Å². The average Bonchev–Trinajstić information content (AvgIpc) is 2.64. The summed E-state index contributed by atoms with van der Waals surface area (Å²) in [4.78, 5) is 12.7. The zero-order valence-electron chi connectivity index (χ0n) is 8.30. The molecule has 0 spiro atoms. The van der Waals surface area contributed by atoms with Crippen molar-refractivity contribution in [1.29, 1.82) is 0 Å². The number of thioether (sulfide) groups is 1. The van der Waals surface area contributed by atoms with Crippen LogP contribution in [-0.2, 0) is 4.74 Å². The molecule has 0 aromatic rings. The largest absolute Gasteiger partial charge is 0.393 e. The van der Waals surface area contributed by atoms with Crippen molar-refractivity contribution in [3.63, 3.8) is 0 Å². The van der Waals surface area contributed by atoms with E-state index in [9.17, 15) is 9.18 Å². The second-order valence-corrected chi connectivity index (χ2v) is 4.65. The van der Waals surface area contributed by atoms with Gasteiger partial charge in [0, 0.05) is 18.0 Å². The van der Waals surface area contributed by atoms with Gasteiger partial charge in [0.15, 0.2) is 0 Å². The molecule has 0 aromatic heterocycles. The molecule has 1 fully saturated rings. The average molecular weight is 249 g/mol. The molecule has 2 aliphatic rings. The minimum Gasteiger partial charge on any atom is -0.393 e. The summed E-state index contributed by atoms with van der Waals surface area (Å²) in [5.41, 5.74) is 4.74. The normalized spacial score (nSPS) is 38.9. The number of aliphatic hydroxyl groups excluding tert-OH is 1. The van der Waals surface area contributed by atoms with E-state index >= 15 is 0 Å². The van der Waals surface area contributed by atoms with Gasteiger partial charge >= 0.3 is 6.03 Å². The van der Waals surface area contributed by atoms with E-state index in [-0.39, 0.29) is 12.0 Å². The fraction of sp³-hybridized carbons (Fsp3) is 0.625. The number of rotatable bonds is 2. The van der Waals surface area contributed by atoms with Crippen molar-refractivity contribution in [2.75, 3.05) is 12.4 Å².